The highest BCUT2D eigenvalue weighted by Crippen LogP contribution is 2.58. The Morgan fingerprint density at radius 1 is 0.975 bits per heavy atom. The van der Waals surface area contributed by atoms with Crippen molar-refractivity contribution in [1.29, 1.82) is 0 Å². The van der Waals surface area contributed by atoms with E-state index in [1.165, 1.54) is 0 Å². The number of hydrogen-bond donors (Lipinski definition) is 1. The fraction of sp³-hybridized carbons (Fsp3) is 0.786. The number of benzene rings is 1. The summed E-state index contributed by atoms with van der Waals surface area (Å²) in [7, 11) is -4.01. The average Bonchev–Trinajstić information content (AvgIpc) is 3.40. The molecule has 0 amide bonds. The molecular weight excluding hydrogens is 541 g/mol. The largest absolute Gasteiger partial charge is 0.374 e. The molecule has 0 radical (unpaired) electrons. The van der Waals surface area contributed by atoms with Gasteiger partial charge in [0.25, 0.3) is 0 Å². The van der Waals surface area contributed by atoms with Crippen LogP contribution in [-0.4, -0.2) is 83.2 Å². The van der Waals surface area contributed by atoms with E-state index < -0.39 is 67.3 Å². The number of nitrogens with zero attached hydrogens (tertiary/aromatic N) is 1. The maximum atomic E-state index is 14.4. The molecule has 1 aromatic rings. The predicted octanol–water partition coefficient (Wildman–Crippen LogP) is 5.05. The van der Waals surface area contributed by atoms with E-state index in [4.69, 9.17) is 37.5 Å². The van der Waals surface area contributed by atoms with Crippen molar-refractivity contribution in [3.63, 3.8) is 0 Å². The Bertz CT molecular complexity index is 1020. The molecule has 6 atom stereocenters. The number of ether oxygens (including phenoxy) is 6. The summed E-state index contributed by atoms with van der Waals surface area (Å²) in [4.78, 5) is 0. The maximum Gasteiger partial charge on any atom is 0.353 e. The van der Waals surface area contributed by atoms with Crippen LogP contribution in [0, 0.1) is 0 Å². The first-order valence-electron chi connectivity index (χ1n) is 14.0. The number of hydrogen-bond acceptors (Lipinski definition) is 11. The fourth-order valence-corrected chi connectivity index (χ4v) is 7.78. The van der Waals surface area contributed by atoms with Crippen LogP contribution in [0.3, 0.4) is 0 Å². The summed E-state index contributed by atoms with van der Waals surface area (Å²) in [5.74, 6) is -3.01. The molecule has 228 valence electrons. The second-order valence-electron chi connectivity index (χ2n) is 12.2. The summed E-state index contributed by atoms with van der Waals surface area (Å²) in [5, 5.41) is 12.7. The van der Waals surface area contributed by atoms with Crippen molar-refractivity contribution in [2.24, 2.45) is 0 Å². The van der Waals surface area contributed by atoms with Crippen molar-refractivity contribution < 1.29 is 47.2 Å². The third kappa shape index (κ3) is 6.98. The van der Waals surface area contributed by atoms with Gasteiger partial charge in [-0.2, -0.15) is 0 Å². The van der Waals surface area contributed by atoms with Crippen LogP contribution in [0.1, 0.15) is 67.9 Å². The smallest absolute Gasteiger partial charge is 0.353 e. The van der Waals surface area contributed by atoms with Crippen LogP contribution in [0.15, 0.2) is 30.3 Å². The first-order valence-corrected chi connectivity index (χ1v) is 15.6. The first kappa shape index (κ1) is 32.0. The zero-order valence-electron chi connectivity index (χ0n) is 25.1. The van der Waals surface area contributed by atoms with Gasteiger partial charge in [0.2, 0.25) is 0 Å². The van der Waals surface area contributed by atoms with E-state index in [0.717, 1.165) is 10.6 Å². The number of rotatable bonds is 12. The second kappa shape index (κ2) is 12.0. The van der Waals surface area contributed by atoms with Gasteiger partial charge < -0.3 is 42.7 Å². The topological polar surface area (TPSA) is 114 Å². The van der Waals surface area contributed by atoms with Crippen LogP contribution in [0.4, 0.5) is 0 Å². The van der Waals surface area contributed by atoms with E-state index in [1.807, 2.05) is 51.1 Å². The Morgan fingerprint density at radius 2 is 1.60 bits per heavy atom. The summed E-state index contributed by atoms with van der Waals surface area (Å²) in [6.07, 6.45) is -3.93. The molecule has 0 unspecified atom stereocenters. The molecule has 11 nitrogen and oxygen atoms in total. The molecule has 4 rings (SSSR count). The molecule has 0 spiro atoms. The molecule has 1 N–H and O–H groups in total. The van der Waals surface area contributed by atoms with Crippen LogP contribution in [0.2, 0.25) is 0 Å². The van der Waals surface area contributed by atoms with Crippen LogP contribution < -0.4 is 0 Å². The van der Waals surface area contributed by atoms with E-state index >= 15 is 0 Å². The number of fused-ring (bicyclic) bond motifs is 1. The molecule has 0 bridgehead atoms. The Balaban J connectivity index is 1.65. The third-order valence-corrected chi connectivity index (χ3v) is 9.49. The van der Waals surface area contributed by atoms with Gasteiger partial charge in [0.05, 0.1) is 32.0 Å². The Morgan fingerprint density at radius 3 is 2.15 bits per heavy atom. The molecule has 0 aromatic heterocycles. The van der Waals surface area contributed by atoms with Crippen LogP contribution in [0.5, 0.6) is 0 Å². The molecule has 3 saturated heterocycles. The van der Waals surface area contributed by atoms with Crippen LogP contribution in [-0.2, 0) is 48.6 Å². The highest BCUT2D eigenvalue weighted by Gasteiger charge is 2.68. The van der Waals surface area contributed by atoms with Gasteiger partial charge in [-0.3, -0.25) is 4.57 Å². The summed E-state index contributed by atoms with van der Waals surface area (Å²) in [6.45, 7) is 16.5. The molecule has 40 heavy (non-hydrogen) atoms. The van der Waals surface area contributed by atoms with Gasteiger partial charge in [-0.05, 0) is 67.9 Å². The lowest BCUT2D eigenvalue weighted by Crippen LogP contribution is -2.52. The zero-order chi connectivity index (χ0) is 29.5. The van der Waals surface area contributed by atoms with Crippen molar-refractivity contribution in [2.45, 2.75) is 129 Å². The highest BCUT2D eigenvalue weighted by molar-refractivity contribution is 7.54. The lowest BCUT2D eigenvalue weighted by molar-refractivity contribution is -0.283. The van der Waals surface area contributed by atoms with Gasteiger partial charge in [0.15, 0.2) is 23.6 Å². The average molecular weight is 588 g/mol. The van der Waals surface area contributed by atoms with Crippen molar-refractivity contribution in [3.05, 3.63) is 35.9 Å². The Kier molecular flexibility index (Phi) is 9.57. The van der Waals surface area contributed by atoms with Gasteiger partial charge in [-0.1, -0.05) is 30.3 Å². The van der Waals surface area contributed by atoms with Gasteiger partial charge >= 0.3 is 7.60 Å². The summed E-state index contributed by atoms with van der Waals surface area (Å²) >= 11 is 0. The molecule has 3 fully saturated rings. The van der Waals surface area contributed by atoms with Crippen LogP contribution in [0.25, 0.3) is 0 Å². The van der Waals surface area contributed by atoms with Crippen molar-refractivity contribution in [1.82, 2.24) is 5.06 Å². The predicted molar refractivity (Wildman–Crippen MR) is 146 cm³/mol. The standard InChI is InChI=1S/C28H46NO10P/c1-18(2)37-40(31,38-19(3)4)22(17-32-15-20-13-11-10-12-14-20)29(30)25-24-28(9,39-27(7,8)36-24)23(34-25)21-16-33-26(5,6)35-21/h10-14,18-19,21-25,30H,15-17H2,1-9H3/t21-,22+,23-,24-,25+,28+/m1/s1. The summed E-state index contributed by atoms with van der Waals surface area (Å²) < 4.78 is 63.3. The lowest BCUT2D eigenvalue weighted by atomic mass is 9.91. The minimum Gasteiger partial charge on any atom is -0.374 e. The van der Waals surface area contributed by atoms with Gasteiger partial charge in [-0.25, -0.2) is 0 Å². The van der Waals surface area contributed by atoms with E-state index in [9.17, 15) is 9.77 Å². The van der Waals surface area contributed by atoms with Gasteiger partial charge in [0.1, 0.15) is 23.9 Å². The van der Waals surface area contributed by atoms with E-state index in [-0.39, 0.29) is 19.8 Å². The van der Waals surface area contributed by atoms with E-state index in [1.54, 1.807) is 41.5 Å². The molecule has 12 heteroatoms. The summed E-state index contributed by atoms with van der Waals surface area (Å²) in [6, 6.07) is 9.58. The molecule has 3 aliphatic heterocycles. The van der Waals surface area contributed by atoms with E-state index in [2.05, 4.69) is 0 Å². The molecular formula is C28H46NO10P. The molecule has 0 saturated carbocycles. The lowest BCUT2D eigenvalue weighted by Gasteiger charge is -2.37. The normalized spacial score (nSPS) is 32.3. The summed E-state index contributed by atoms with van der Waals surface area (Å²) in [5.41, 5.74) is -0.0870. The van der Waals surface area contributed by atoms with Crippen molar-refractivity contribution in [3.8, 4) is 0 Å². The number of hydroxylamine groups is 2. The van der Waals surface area contributed by atoms with Crippen molar-refractivity contribution in [2.75, 3.05) is 13.2 Å². The van der Waals surface area contributed by atoms with Gasteiger partial charge in [0, 0.05) is 0 Å². The van der Waals surface area contributed by atoms with E-state index in [0.29, 0.717) is 0 Å². The highest BCUT2D eigenvalue weighted by atomic mass is 31.2. The zero-order valence-corrected chi connectivity index (χ0v) is 26.0. The monoisotopic (exact) mass is 587 g/mol. The fourth-order valence-electron chi connectivity index (χ4n) is 5.57. The first-order chi connectivity index (χ1) is 18.6. The van der Waals surface area contributed by atoms with Gasteiger partial charge in [-0.15, -0.1) is 5.06 Å². The Hall–Kier alpha value is -0.950. The third-order valence-electron chi connectivity index (χ3n) is 6.94. The quantitative estimate of drug-likeness (QED) is 0.262. The minimum absolute atomic E-state index is 0.170. The minimum atomic E-state index is -4.01. The second-order valence-corrected chi connectivity index (χ2v) is 14.3. The maximum absolute atomic E-state index is 14.4. The Labute approximate surface area is 237 Å². The molecule has 0 aliphatic carbocycles. The molecule has 1 aromatic carbocycles. The molecule has 3 heterocycles. The van der Waals surface area contributed by atoms with Crippen molar-refractivity contribution >= 4 is 7.60 Å². The van der Waals surface area contributed by atoms with Crippen LogP contribution >= 0.6 is 7.60 Å². The molecule has 3 aliphatic rings. The SMILES string of the molecule is CC(C)OP(=O)(OC(C)C)[C@@H](COCc1ccccc1)N(O)[C@H]1O[C@H]([C@H]2COC(C)(C)O2)[C@]2(C)OC(C)(C)O[C@H]12.